The highest BCUT2D eigenvalue weighted by atomic mass is 16.7. The summed E-state index contributed by atoms with van der Waals surface area (Å²) in [5.41, 5.74) is 2.18. The molecule has 0 saturated carbocycles. The molecule has 2 aliphatic heterocycles. The molecule has 7 heteroatoms. The summed E-state index contributed by atoms with van der Waals surface area (Å²) in [5, 5.41) is 0. The summed E-state index contributed by atoms with van der Waals surface area (Å²) in [5.74, 6) is 1.60. The average Bonchev–Trinajstić information content (AvgIpc) is 3.34. The van der Waals surface area contributed by atoms with E-state index < -0.39 is 5.97 Å². The van der Waals surface area contributed by atoms with Gasteiger partial charge in [0.05, 0.1) is 6.61 Å². The van der Waals surface area contributed by atoms with Crippen LogP contribution in [0.15, 0.2) is 36.4 Å². The molecule has 0 bridgehead atoms. The van der Waals surface area contributed by atoms with Crippen LogP contribution in [-0.4, -0.2) is 37.9 Å². The molecule has 30 heavy (non-hydrogen) atoms. The Labute approximate surface area is 174 Å². The zero-order chi connectivity index (χ0) is 21.1. The molecule has 2 aliphatic rings. The maximum absolute atomic E-state index is 12.3. The van der Waals surface area contributed by atoms with Gasteiger partial charge in [-0.3, -0.25) is 4.79 Å². The smallest absolute Gasteiger partial charge is 0.331 e. The van der Waals surface area contributed by atoms with Gasteiger partial charge in [0.25, 0.3) is 0 Å². The summed E-state index contributed by atoms with van der Waals surface area (Å²) in [7, 11) is 0. The molecule has 0 unspecified atom stereocenters. The van der Waals surface area contributed by atoms with E-state index in [1.807, 2.05) is 26.0 Å². The van der Waals surface area contributed by atoms with E-state index >= 15 is 0 Å². The second kappa shape index (κ2) is 8.49. The lowest BCUT2D eigenvalue weighted by Crippen LogP contribution is -2.12. The van der Waals surface area contributed by atoms with Crippen molar-refractivity contribution in [2.45, 2.75) is 26.4 Å². The van der Waals surface area contributed by atoms with Gasteiger partial charge in [-0.15, -0.1) is 0 Å². The van der Waals surface area contributed by atoms with Gasteiger partial charge in [0.2, 0.25) is 6.79 Å². The summed E-state index contributed by atoms with van der Waals surface area (Å²) < 4.78 is 27.0. The van der Waals surface area contributed by atoms with Gasteiger partial charge >= 0.3 is 5.97 Å². The zero-order valence-electron chi connectivity index (χ0n) is 16.8. The number of esters is 1. The largest absolute Gasteiger partial charge is 0.493 e. The van der Waals surface area contributed by atoms with Gasteiger partial charge in [0, 0.05) is 29.2 Å². The molecule has 7 nitrogen and oxygen atoms in total. The molecule has 2 aromatic carbocycles. The standard InChI is InChI=1S/C23H22O7/c1-3-26-20-11-17-8-14(2)30-21(17)10-16(20)5-7-23(25)27-12-18(24)15-4-6-19-22(9-15)29-13-28-19/h4-7,9-11,14H,3,8,12-13H2,1-2H3/b7-5+/t14-/m0/s1. The summed E-state index contributed by atoms with van der Waals surface area (Å²) in [6.45, 7) is 4.17. The number of Topliss-reactive ketones (excluding diaryl/α,β-unsaturated/α-hetero) is 1. The van der Waals surface area contributed by atoms with Crippen LogP contribution in [0.2, 0.25) is 0 Å². The van der Waals surface area contributed by atoms with Gasteiger partial charge in [0.15, 0.2) is 23.9 Å². The van der Waals surface area contributed by atoms with E-state index in [1.165, 1.54) is 6.08 Å². The van der Waals surface area contributed by atoms with Gasteiger partial charge < -0.3 is 23.7 Å². The van der Waals surface area contributed by atoms with Gasteiger partial charge in [-0.2, -0.15) is 0 Å². The van der Waals surface area contributed by atoms with E-state index in [0.717, 1.165) is 17.7 Å². The maximum Gasteiger partial charge on any atom is 0.331 e. The van der Waals surface area contributed by atoms with Crippen molar-refractivity contribution in [1.29, 1.82) is 0 Å². The Morgan fingerprint density at radius 3 is 2.80 bits per heavy atom. The molecule has 0 aliphatic carbocycles. The first kappa shape index (κ1) is 19.8. The van der Waals surface area contributed by atoms with Crippen molar-refractivity contribution in [3.05, 3.63) is 53.1 Å². The topological polar surface area (TPSA) is 80.3 Å². The van der Waals surface area contributed by atoms with Crippen LogP contribution in [0.3, 0.4) is 0 Å². The van der Waals surface area contributed by atoms with Gasteiger partial charge in [0.1, 0.15) is 17.6 Å². The molecule has 0 aromatic heterocycles. The third-order valence-corrected chi connectivity index (χ3v) is 4.77. The first-order chi connectivity index (χ1) is 14.5. The first-order valence-corrected chi connectivity index (χ1v) is 9.77. The van der Waals surface area contributed by atoms with Gasteiger partial charge in [-0.05, 0) is 50.3 Å². The minimum atomic E-state index is -0.624. The van der Waals surface area contributed by atoms with Crippen LogP contribution in [0.4, 0.5) is 0 Å². The van der Waals surface area contributed by atoms with Crippen molar-refractivity contribution in [2.75, 3.05) is 20.0 Å². The number of carbonyl (C=O) groups excluding carboxylic acids is 2. The monoisotopic (exact) mass is 410 g/mol. The fraction of sp³-hybridized carbons (Fsp3) is 0.304. The van der Waals surface area contributed by atoms with Gasteiger partial charge in [-0.1, -0.05) is 0 Å². The van der Waals surface area contributed by atoms with E-state index in [4.69, 9.17) is 23.7 Å². The average molecular weight is 410 g/mol. The van der Waals surface area contributed by atoms with Crippen LogP contribution in [-0.2, 0) is 16.0 Å². The van der Waals surface area contributed by atoms with E-state index in [9.17, 15) is 9.59 Å². The van der Waals surface area contributed by atoms with Crippen molar-refractivity contribution in [1.82, 2.24) is 0 Å². The fourth-order valence-electron chi connectivity index (χ4n) is 3.36. The molecular weight excluding hydrogens is 388 g/mol. The highest BCUT2D eigenvalue weighted by molar-refractivity contribution is 5.99. The Hall–Kier alpha value is -3.48. The molecule has 1 atom stereocenters. The number of ketones is 1. The van der Waals surface area contributed by atoms with Gasteiger partial charge in [-0.25, -0.2) is 4.79 Å². The predicted molar refractivity (Wildman–Crippen MR) is 108 cm³/mol. The number of ether oxygens (including phenoxy) is 5. The minimum Gasteiger partial charge on any atom is -0.493 e. The molecule has 156 valence electrons. The number of carbonyl (C=O) groups is 2. The Morgan fingerprint density at radius 1 is 1.13 bits per heavy atom. The molecule has 4 rings (SSSR count). The highest BCUT2D eigenvalue weighted by Crippen LogP contribution is 2.36. The molecule has 2 aromatic rings. The van der Waals surface area contributed by atoms with Crippen molar-refractivity contribution >= 4 is 17.8 Å². The number of fused-ring (bicyclic) bond motifs is 2. The summed E-state index contributed by atoms with van der Waals surface area (Å²) in [6.07, 6.45) is 3.81. The van der Waals surface area contributed by atoms with Crippen LogP contribution in [0, 0.1) is 0 Å². The van der Waals surface area contributed by atoms with Crippen molar-refractivity contribution < 1.29 is 33.3 Å². The fourth-order valence-corrected chi connectivity index (χ4v) is 3.36. The lowest BCUT2D eigenvalue weighted by atomic mass is 10.1. The SMILES string of the molecule is CCOc1cc2c(cc1/C=C/C(=O)OCC(=O)c1ccc3c(c1)OCO3)O[C@@H](C)C2. The Kier molecular flexibility index (Phi) is 5.61. The summed E-state index contributed by atoms with van der Waals surface area (Å²) >= 11 is 0. The normalized spacial score (nSPS) is 16.3. The molecule has 0 N–H and O–H groups in total. The van der Waals surface area contributed by atoms with Crippen LogP contribution < -0.4 is 18.9 Å². The molecule has 0 spiro atoms. The maximum atomic E-state index is 12.3. The van der Waals surface area contributed by atoms with Crippen LogP contribution in [0.5, 0.6) is 23.0 Å². The van der Waals surface area contributed by atoms with E-state index in [-0.39, 0.29) is 25.3 Å². The summed E-state index contributed by atoms with van der Waals surface area (Å²) in [6, 6.07) is 8.64. The number of benzene rings is 2. The van der Waals surface area contributed by atoms with E-state index in [0.29, 0.717) is 35.0 Å². The van der Waals surface area contributed by atoms with Crippen molar-refractivity contribution in [3.63, 3.8) is 0 Å². The van der Waals surface area contributed by atoms with Crippen LogP contribution >= 0.6 is 0 Å². The highest BCUT2D eigenvalue weighted by Gasteiger charge is 2.21. The van der Waals surface area contributed by atoms with Crippen LogP contribution in [0.25, 0.3) is 6.08 Å². The molecule has 0 amide bonds. The quantitative estimate of drug-likeness (QED) is 0.392. The minimum absolute atomic E-state index is 0.112. The van der Waals surface area contributed by atoms with Crippen molar-refractivity contribution in [3.8, 4) is 23.0 Å². The molecule has 2 heterocycles. The predicted octanol–water partition coefficient (Wildman–Crippen LogP) is 3.58. The first-order valence-electron chi connectivity index (χ1n) is 9.77. The summed E-state index contributed by atoms with van der Waals surface area (Å²) in [4.78, 5) is 24.4. The lowest BCUT2D eigenvalue weighted by molar-refractivity contribution is -0.136. The molecular formula is C23H22O7. The van der Waals surface area contributed by atoms with E-state index in [1.54, 1.807) is 24.3 Å². The lowest BCUT2D eigenvalue weighted by Gasteiger charge is -2.10. The second-order valence-corrected chi connectivity index (χ2v) is 7.00. The zero-order valence-corrected chi connectivity index (χ0v) is 16.8. The molecule has 0 fully saturated rings. The van der Waals surface area contributed by atoms with Crippen molar-refractivity contribution in [2.24, 2.45) is 0 Å². The number of hydrogen-bond acceptors (Lipinski definition) is 7. The third kappa shape index (κ3) is 4.25. The molecule has 0 saturated heterocycles. The second-order valence-electron chi connectivity index (χ2n) is 7.00. The van der Waals surface area contributed by atoms with E-state index in [2.05, 4.69) is 0 Å². The number of rotatable bonds is 7. The van der Waals surface area contributed by atoms with Crippen LogP contribution in [0.1, 0.15) is 35.3 Å². The molecule has 0 radical (unpaired) electrons. The number of hydrogen-bond donors (Lipinski definition) is 0. The Bertz CT molecular complexity index is 1010. The Balaban J connectivity index is 1.39. The third-order valence-electron chi connectivity index (χ3n) is 4.77. The Morgan fingerprint density at radius 2 is 1.97 bits per heavy atom.